The molecule has 0 saturated carbocycles. The molecule has 0 spiro atoms. The van der Waals surface area contributed by atoms with Gasteiger partial charge in [-0.05, 0) is 59.3 Å². The van der Waals surface area contributed by atoms with Crippen LogP contribution in [0.5, 0.6) is 17.2 Å². The van der Waals surface area contributed by atoms with E-state index in [-0.39, 0.29) is 31.0 Å². The normalized spacial score (nSPS) is 17.0. The Labute approximate surface area is 206 Å². The highest BCUT2D eigenvalue weighted by molar-refractivity contribution is 7.10. The zero-order valence-corrected chi connectivity index (χ0v) is 20.3. The van der Waals surface area contributed by atoms with Gasteiger partial charge in [0.05, 0.1) is 25.9 Å². The van der Waals surface area contributed by atoms with Crippen LogP contribution in [0.25, 0.3) is 0 Å². The van der Waals surface area contributed by atoms with Crippen LogP contribution in [0.2, 0.25) is 5.02 Å². The molecule has 9 heteroatoms. The number of hydrogen-bond donors (Lipinski definition) is 0. The number of amides is 2. The van der Waals surface area contributed by atoms with Crippen molar-refractivity contribution < 1.29 is 23.8 Å². The topological polar surface area (TPSA) is 68.3 Å². The number of carbonyl (C=O) groups is 2. The van der Waals surface area contributed by atoms with Gasteiger partial charge in [0.1, 0.15) is 12.3 Å². The van der Waals surface area contributed by atoms with E-state index in [1.807, 2.05) is 34.5 Å². The summed E-state index contributed by atoms with van der Waals surface area (Å²) in [6.45, 7) is 0.306. The van der Waals surface area contributed by atoms with E-state index in [2.05, 4.69) is 0 Å². The highest BCUT2D eigenvalue weighted by Gasteiger charge is 2.36. The number of methoxy groups -OCH3 is 2. The van der Waals surface area contributed by atoms with Gasteiger partial charge in [0, 0.05) is 16.4 Å². The first-order chi connectivity index (χ1) is 16.5. The summed E-state index contributed by atoms with van der Waals surface area (Å²) >= 11 is 7.76. The first kappa shape index (κ1) is 22.6. The molecule has 2 aromatic carbocycles. The monoisotopic (exact) mass is 498 g/mol. The van der Waals surface area contributed by atoms with Crippen molar-refractivity contribution in [1.82, 2.24) is 4.90 Å². The molecule has 0 bridgehead atoms. The van der Waals surface area contributed by atoms with Gasteiger partial charge in [-0.25, -0.2) is 0 Å². The Morgan fingerprint density at radius 2 is 1.97 bits per heavy atom. The van der Waals surface area contributed by atoms with Gasteiger partial charge in [-0.15, -0.1) is 11.3 Å². The summed E-state index contributed by atoms with van der Waals surface area (Å²) in [6, 6.07) is 12.7. The summed E-state index contributed by atoms with van der Waals surface area (Å²) in [5, 5.41) is 2.47. The predicted octanol–water partition coefficient (Wildman–Crippen LogP) is 4.32. The average Bonchev–Trinajstić information content (AvgIpc) is 3.38. The Bertz CT molecular complexity index is 1250. The Kier molecular flexibility index (Phi) is 6.10. The van der Waals surface area contributed by atoms with Crippen molar-refractivity contribution in [3.63, 3.8) is 0 Å². The summed E-state index contributed by atoms with van der Waals surface area (Å²) in [5.41, 5.74) is 2.62. The third-order valence-electron chi connectivity index (χ3n) is 6.16. The quantitative estimate of drug-likeness (QED) is 0.524. The average molecular weight is 499 g/mol. The van der Waals surface area contributed by atoms with Crippen molar-refractivity contribution in [2.45, 2.75) is 12.5 Å². The molecule has 2 amide bonds. The van der Waals surface area contributed by atoms with Crippen molar-refractivity contribution in [1.29, 1.82) is 0 Å². The third kappa shape index (κ3) is 3.97. The van der Waals surface area contributed by atoms with Gasteiger partial charge in [-0.3, -0.25) is 14.5 Å². The number of fused-ring (bicyclic) bond motifs is 2. The van der Waals surface area contributed by atoms with E-state index >= 15 is 0 Å². The highest BCUT2D eigenvalue weighted by atomic mass is 35.5. The van der Waals surface area contributed by atoms with Gasteiger partial charge in [0.2, 0.25) is 5.91 Å². The van der Waals surface area contributed by atoms with E-state index in [4.69, 9.17) is 25.8 Å². The molecule has 3 aromatic rings. The van der Waals surface area contributed by atoms with E-state index in [0.29, 0.717) is 40.9 Å². The minimum Gasteiger partial charge on any atom is -0.493 e. The first-order valence-electron chi connectivity index (χ1n) is 10.8. The van der Waals surface area contributed by atoms with Crippen molar-refractivity contribution in [2.75, 3.05) is 38.8 Å². The smallest absolute Gasteiger partial charge is 0.265 e. The lowest BCUT2D eigenvalue weighted by Crippen LogP contribution is -2.49. The lowest BCUT2D eigenvalue weighted by Gasteiger charge is -2.39. The number of anilines is 1. The van der Waals surface area contributed by atoms with Crippen LogP contribution in [0, 0.1) is 0 Å². The summed E-state index contributed by atoms with van der Waals surface area (Å²) in [4.78, 5) is 30.8. The number of thiophene rings is 1. The molecule has 2 aliphatic heterocycles. The molecule has 0 aliphatic carbocycles. The van der Waals surface area contributed by atoms with Gasteiger partial charge < -0.3 is 19.1 Å². The largest absolute Gasteiger partial charge is 0.493 e. The zero-order valence-electron chi connectivity index (χ0n) is 18.7. The fourth-order valence-electron chi connectivity index (χ4n) is 4.54. The zero-order chi connectivity index (χ0) is 23.8. The first-order valence-corrected chi connectivity index (χ1v) is 12.1. The maximum atomic E-state index is 13.7. The lowest BCUT2D eigenvalue weighted by atomic mass is 9.90. The van der Waals surface area contributed by atoms with Crippen molar-refractivity contribution >= 4 is 40.4 Å². The predicted molar refractivity (Wildman–Crippen MR) is 130 cm³/mol. The molecule has 3 heterocycles. The van der Waals surface area contributed by atoms with Gasteiger partial charge in [-0.2, -0.15) is 0 Å². The van der Waals surface area contributed by atoms with E-state index in [9.17, 15) is 9.59 Å². The molecule has 2 aliphatic rings. The summed E-state index contributed by atoms with van der Waals surface area (Å²) in [6.07, 6.45) is 0.669. The van der Waals surface area contributed by atoms with E-state index in [0.717, 1.165) is 16.0 Å². The Morgan fingerprint density at radius 3 is 2.71 bits per heavy atom. The van der Waals surface area contributed by atoms with Crippen molar-refractivity contribution in [3.8, 4) is 17.2 Å². The van der Waals surface area contributed by atoms with Crippen LogP contribution in [0.4, 0.5) is 5.69 Å². The Hall–Kier alpha value is -3.23. The molecular weight excluding hydrogens is 476 g/mol. The van der Waals surface area contributed by atoms with E-state index < -0.39 is 0 Å². The van der Waals surface area contributed by atoms with Gasteiger partial charge in [0.15, 0.2) is 18.1 Å². The summed E-state index contributed by atoms with van der Waals surface area (Å²) in [7, 11) is 3.21. The Morgan fingerprint density at radius 1 is 1.18 bits per heavy atom. The molecule has 0 N–H and O–H groups in total. The molecule has 7 nitrogen and oxygen atoms in total. The van der Waals surface area contributed by atoms with E-state index in [1.165, 1.54) is 4.90 Å². The molecule has 1 atom stereocenters. The Balaban J connectivity index is 1.51. The number of benzene rings is 2. The van der Waals surface area contributed by atoms with Crippen LogP contribution in [0.15, 0.2) is 47.8 Å². The molecule has 34 heavy (non-hydrogen) atoms. The van der Waals surface area contributed by atoms with Crippen LogP contribution < -0.4 is 19.1 Å². The van der Waals surface area contributed by atoms with Crippen LogP contribution in [0.1, 0.15) is 22.0 Å². The maximum Gasteiger partial charge on any atom is 0.265 e. The summed E-state index contributed by atoms with van der Waals surface area (Å²) < 4.78 is 16.6. The standard InChI is InChI=1S/C25H23ClN2O5S/c1-31-20-10-15-7-8-27(25(22-4-3-9-34-22)17(15)12-21(20)32-2)23(29)13-28-18-11-16(26)5-6-19(18)33-14-24(28)30/h3-6,9-12,25H,7-8,13-14H2,1-2H3. The number of halogens is 1. The van der Waals surface area contributed by atoms with E-state index in [1.54, 1.807) is 43.8 Å². The molecule has 176 valence electrons. The molecule has 1 aromatic heterocycles. The fraction of sp³-hybridized carbons (Fsp3) is 0.280. The third-order valence-corrected chi connectivity index (χ3v) is 7.32. The number of rotatable bonds is 5. The molecule has 1 unspecified atom stereocenters. The van der Waals surface area contributed by atoms with Crippen molar-refractivity contribution in [3.05, 3.63) is 68.9 Å². The minimum atomic E-state index is -0.286. The molecule has 0 saturated heterocycles. The number of ether oxygens (including phenoxy) is 3. The molecule has 5 rings (SSSR count). The highest BCUT2D eigenvalue weighted by Crippen LogP contribution is 2.42. The van der Waals surface area contributed by atoms with Crippen LogP contribution >= 0.6 is 22.9 Å². The van der Waals surface area contributed by atoms with Gasteiger partial charge >= 0.3 is 0 Å². The molecule has 0 fully saturated rings. The SMILES string of the molecule is COc1cc2c(cc1OC)C(c1cccs1)N(C(=O)CN1C(=O)COc3ccc(Cl)cc31)CC2. The maximum absolute atomic E-state index is 13.7. The molecule has 0 radical (unpaired) electrons. The van der Waals surface area contributed by atoms with Crippen LogP contribution in [0.3, 0.4) is 0 Å². The van der Waals surface area contributed by atoms with Crippen molar-refractivity contribution in [2.24, 2.45) is 0 Å². The van der Waals surface area contributed by atoms with Crippen LogP contribution in [-0.2, 0) is 16.0 Å². The second-order valence-corrected chi connectivity index (χ2v) is 9.46. The lowest BCUT2D eigenvalue weighted by molar-refractivity contribution is -0.133. The number of carbonyl (C=O) groups excluding carboxylic acids is 2. The second-order valence-electron chi connectivity index (χ2n) is 8.04. The van der Waals surface area contributed by atoms with Gasteiger partial charge in [-0.1, -0.05) is 17.7 Å². The minimum absolute atomic E-state index is 0.0972. The summed E-state index contributed by atoms with van der Waals surface area (Å²) in [5.74, 6) is 1.38. The number of hydrogen-bond acceptors (Lipinski definition) is 6. The number of nitrogens with zero attached hydrogens (tertiary/aromatic N) is 2. The second kappa shape index (κ2) is 9.19. The van der Waals surface area contributed by atoms with Crippen LogP contribution in [-0.4, -0.2) is 50.6 Å². The fourth-order valence-corrected chi connectivity index (χ4v) is 5.56. The van der Waals surface area contributed by atoms with Gasteiger partial charge in [0.25, 0.3) is 5.91 Å². The molecular formula is C25H23ClN2O5S.